The van der Waals surface area contributed by atoms with Crippen LogP contribution in [0.5, 0.6) is 0 Å². The number of aliphatic hydroxyl groups excluding tert-OH is 1. The molecule has 1 aromatic carbocycles. The molecule has 2 aliphatic carbocycles. The van der Waals surface area contributed by atoms with Crippen LogP contribution >= 0.6 is 0 Å². The number of ether oxygens (including phenoxy) is 2. The average Bonchev–Trinajstić information content (AvgIpc) is 3.24. The summed E-state index contributed by atoms with van der Waals surface area (Å²) in [4.78, 5) is 0. The third-order valence-corrected chi connectivity index (χ3v) is 19.8. The van der Waals surface area contributed by atoms with Crippen molar-refractivity contribution in [3.63, 3.8) is 0 Å². The van der Waals surface area contributed by atoms with Crippen molar-refractivity contribution in [1.29, 1.82) is 0 Å². The summed E-state index contributed by atoms with van der Waals surface area (Å²) in [6, 6.07) is 10.3. The zero-order valence-electron chi connectivity index (χ0n) is 29.5. The van der Waals surface area contributed by atoms with E-state index in [-0.39, 0.29) is 40.8 Å². The molecule has 3 aliphatic rings. The zero-order valence-corrected chi connectivity index (χ0v) is 31.5. The normalized spacial score (nSPS) is 34.1. The van der Waals surface area contributed by atoms with Crippen molar-refractivity contribution >= 4 is 16.6 Å². The van der Waals surface area contributed by atoms with Crippen LogP contribution in [0.25, 0.3) is 0 Å². The van der Waals surface area contributed by atoms with E-state index < -0.39 is 22.2 Å². The van der Waals surface area contributed by atoms with Crippen LogP contribution in [0.4, 0.5) is 0 Å². The standard InChI is InChI=1S/C21H34O3Si.C14H30O3Si/c1-16-12-18(24-25(5,6)20(2,3)4)14-21(13-16)15-22-19(23-21)17-10-8-7-9-11-17;1-11-7-12(9-14(16,8-11)10-15)17-18(5,6)13(2,3)4/h7-11,16,18-19H,12-15H2,1-6H3;11-12,15-16H,7-10H2,1-6H3/t16-,18-,19?,21+;11-,12-,14+/m00/s1. The van der Waals surface area contributed by atoms with Crippen molar-refractivity contribution in [3.05, 3.63) is 35.9 Å². The Labute approximate surface area is 265 Å². The predicted molar refractivity (Wildman–Crippen MR) is 181 cm³/mol. The first-order valence-corrected chi connectivity index (χ1v) is 22.4. The summed E-state index contributed by atoms with van der Waals surface area (Å²) in [7, 11) is -3.56. The summed E-state index contributed by atoms with van der Waals surface area (Å²) in [5.74, 6) is 1.01. The van der Waals surface area contributed by atoms with Gasteiger partial charge in [-0.2, -0.15) is 0 Å². The first kappa shape index (κ1) is 36.9. The second kappa shape index (κ2) is 13.6. The highest BCUT2D eigenvalue weighted by Crippen LogP contribution is 2.47. The fourth-order valence-corrected chi connectivity index (χ4v) is 9.26. The molecule has 248 valence electrons. The molecule has 43 heavy (non-hydrogen) atoms. The van der Waals surface area contributed by atoms with Gasteiger partial charge in [-0.3, -0.25) is 0 Å². The molecule has 1 saturated heterocycles. The van der Waals surface area contributed by atoms with Gasteiger partial charge in [-0.1, -0.05) is 85.7 Å². The number of hydrogen-bond acceptors (Lipinski definition) is 6. The quantitative estimate of drug-likeness (QED) is 0.305. The molecular weight excluding hydrogens is 573 g/mol. The average molecular weight is 637 g/mol. The predicted octanol–water partition coefficient (Wildman–Crippen LogP) is 8.60. The summed E-state index contributed by atoms with van der Waals surface area (Å²) >= 11 is 0. The Bertz CT molecular complexity index is 1020. The van der Waals surface area contributed by atoms with Crippen molar-refractivity contribution in [2.24, 2.45) is 11.8 Å². The van der Waals surface area contributed by atoms with Gasteiger partial charge < -0.3 is 28.5 Å². The fraction of sp³-hybridized carbons (Fsp3) is 0.829. The van der Waals surface area contributed by atoms with Gasteiger partial charge in [-0.15, -0.1) is 0 Å². The highest BCUT2D eigenvalue weighted by atomic mass is 28.4. The number of hydrogen-bond donors (Lipinski definition) is 2. The number of aliphatic hydroxyl groups is 2. The molecule has 0 amide bonds. The Morgan fingerprint density at radius 3 is 1.77 bits per heavy atom. The third kappa shape index (κ3) is 9.71. The van der Waals surface area contributed by atoms with Gasteiger partial charge in [0.1, 0.15) is 0 Å². The summed E-state index contributed by atoms with van der Waals surface area (Å²) in [6.07, 6.45) is 5.53. The van der Waals surface area contributed by atoms with Crippen molar-refractivity contribution in [1.82, 2.24) is 0 Å². The van der Waals surface area contributed by atoms with Crippen LogP contribution in [0.3, 0.4) is 0 Å². The Morgan fingerprint density at radius 2 is 1.28 bits per heavy atom. The van der Waals surface area contributed by atoms with Gasteiger partial charge in [0.25, 0.3) is 0 Å². The van der Waals surface area contributed by atoms with Gasteiger partial charge >= 0.3 is 0 Å². The fourth-order valence-electron chi connectivity index (χ4n) is 6.53. The maximum Gasteiger partial charge on any atom is 0.192 e. The molecule has 1 heterocycles. The van der Waals surface area contributed by atoms with Gasteiger partial charge in [-0.25, -0.2) is 0 Å². The largest absolute Gasteiger partial charge is 0.414 e. The molecule has 2 saturated carbocycles. The van der Waals surface area contributed by atoms with Crippen LogP contribution in [0.15, 0.2) is 30.3 Å². The molecule has 0 radical (unpaired) electrons. The molecule has 3 fully saturated rings. The van der Waals surface area contributed by atoms with Crippen molar-refractivity contribution < 1.29 is 28.5 Å². The summed E-state index contributed by atoms with van der Waals surface area (Å²) in [5.41, 5.74) is -0.0184. The topological polar surface area (TPSA) is 77.4 Å². The first-order chi connectivity index (χ1) is 19.6. The van der Waals surface area contributed by atoms with Gasteiger partial charge in [0, 0.05) is 30.6 Å². The number of benzene rings is 1. The lowest BCUT2D eigenvalue weighted by Crippen LogP contribution is -2.50. The minimum absolute atomic E-state index is 0.0896. The molecule has 2 N–H and O–H groups in total. The van der Waals surface area contributed by atoms with Crippen LogP contribution < -0.4 is 0 Å². The molecule has 1 aromatic rings. The van der Waals surface area contributed by atoms with Crippen LogP contribution in [-0.4, -0.2) is 63.5 Å². The molecule has 7 atom stereocenters. The molecule has 4 rings (SSSR count). The summed E-state index contributed by atoms with van der Waals surface area (Å²) in [6.45, 7) is 27.7. The first-order valence-electron chi connectivity index (χ1n) is 16.6. The minimum atomic E-state index is -1.79. The minimum Gasteiger partial charge on any atom is -0.414 e. The molecule has 6 nitrogen and oxygen atoms in total. The molecule has 1 aliphatic heterocycles. The lowest BCUT2D eigenvalue weighted by Gasteiger charge is -2.45. The van der Waals surface area contributed by atoms with Crippen LogP contribution in [0.2, 0.25) is 36.3 Å². The molecule has 8 heteroatoms. The SMILES string of the molecule is C[C@H]1C[C@H](O[Si](C)(C)C(C)(C)C)C[C@@](O)(CO)C1.C[C@H]1C[C@H](O[Si](C)(C)C(C)(C)C)C[C@@]2(COC(c3ccccc3)O2)C1. The van der Waals surface area contributed by atoms with E-state index in [0.717, 1.165) is 31.2 Å². The van der Waals surface area contributed by atoms with Crippen molar-refractivity contribution in [2.75, 3.05) is 13.2 Å². The van der Waals surface area contributed by atoms with Crippen molar-refractivity contribution in [3.8, 4) is 0 Å². The summed E-state index contributed by atoms with van der Waals surface area (Å²) in [5, 5.41) is 20.1. The van der Waals surface area contributed by atoms with Gasteiger partial charge in [0.15, 0.2) is 22.9 Å². The Morgan fingerprint density at radius 1 is 0.791 bits per heavy atom. The van der Waals surface area contributed by atoms with E-state index in [9.17, 15) is 10.2 Å². The highest BCUT2D eigenvalue weighted by Gasteiger charge is 2.50. The van der Waals surface area contributed by atoms with Gasteiger partial charge in [0.05, 0.1) is 24.4 Å². The smallest absolute Gasteiger partial charge is 0.192 e. The second-order valence-corrected chi connectivity index (χ2v) is 26.7. The van der Waals surface area contributed by atoms with E-state index in [1.165, 1.54) is 0 Å². The van der Waals surface area contributed by atoms with E-state index in [1.807, 2.05) is 18.2 Å². The molecular formula is C35H64O6Si2. The Kier molecular flexibility index (Phi) is 11.7. The highest BCUT2D eigenvalue weighted by molar-refractivity contribution is 6.74. The Balaban J connectivity index is 0.000000250. The Hall–Kier alpha value is -0.586. The van der Waals surface area contributed by atoms with E-state index >= 15 is 0 Å². The maximum absolute atomic E-state index is 10.3. The van der Waals surface area contributed by atoms with E-state index in [2.05, 4.69) is 93.7 Å². The van der Waals surface area contributed by atoms with E-state index in [0.29, 0.717) is 31.3 Å². The van der Waals surface area contributed by atoms with Gasteiger partial charge in [-0.05, 0) is 73.8 Å². The van der Waals surface area contributed by atoms with E-state index in [1.54, 1.807) is 0 Å². The van der Waals surface area contributed by atoms with E-state index in [4.69, 9.17) is 18.3 Å². The third-order valence-electron chi connectivity index (χ3n) is 10.7. The van der Waals surface area contributed by atoms with Crippen molar-refractivity contribution in [2.45, 2.75) is 160 Å². The van der Waals surface area contributed by atoms with Crippen LogP contribution in [0, 0.1) is 11.8 Å². The van der Waals surface area contributed by atoms with Gasteiger partial charge in [0.2, 0.25) is 0 Å². The second-order valence-electron chi connectivity index (χ2n) is 17.2. The summed E-state index contributed by atoms with van der Waals surface area (Å²) < 4.78 is 25.7. The molecule has 0 bridgehead atoms. The lowest BCUT2D eigenvalue weighted by molar-refractivity contribution is -0.123. The molecule has 1 spiro atoms. The zero-order chi connectivity index (χ0) is 32.5. The number of rotatable bonds is 6. The monoisotopic (exact) mass is 636 g/mol. The lowest BCUT2D eigenvalue weighted by atomic mass is 9.78. The van der Waals surface area contributed by atoms with Crippen LogP contribution in [-0.2, 0) is 18.3 Å². The van der Waals surface area contributed by atoms with Crippen LogP contribution in [0.1, 0.15) is 106 Å². The molecule has 1 unspecified atom stereocenters. The molecule has 0 aromatic heterocycles. The maximum atomic E-state index is 10.3.